The van der Waals surface area contributed by atoms with E-state index in [0.29, 0.717) is 0 Å². The largest absolute Gasteiger partial charge is 0.332 e. The number of rotatable bonds is 4. The molecule has 1 saturated carbocycles. The summed E-state index contributed by atoms with van der Waals surface area (Å²) >= 11 is 0. The van der Waals surface area contributed by atoms with Gasteiger partial charge in [0.2, 0.25) is 5.91 Å². The summed E-state index contributed by atoms with van der Waals surface area (Å²) in [6, 6.07) is 0.224. The van der Waals surface area contributed by atoms with Gasteiger partial charge in [0.1, 0.15) is 6.29 Å². The monoisotopic (exact) mass is 226 g/mol. The fraction of sp³-hybridized carbons (Fsp3) is 0.833. The Morgan fingerprint density at radius 3 is 2.25 bits per heavy atom. The molecule has 4 nitrogen and oxygen atoms in total. The molecule has 0 heterocycles. The minimum Gasteiger partial charge on any atom is -0.332 e. The predicted molar refractivity (Wildman–Crippen MR) is 62.9 cm³/mol. The van der Waals surface area contributed by atoms with Crippen LogP contribution in [0.3, 0.4) is 0 Å². The summed E-state index contributed by atoms with van der Waals surface area (Å²) in [5, 5.41) is 0. The number of hydrogen-bond acceptors (Lipinski definition) is 3. The van der Waals surface area contributed by atoms with Gasteiger partial charge in [-0.25, -0.2) is 0 Å². The maximum atomic E-state index is 11.6. The van der Waals surface area contributed by atoms with Crippen LogP contribution in [0.1, 0.15) is 44.9 Å². The molecule has 16 heavy (non-hydrogen) atoms. The molecule has 4 heteroatoms. The van der Waals surface area contributed by atoms with Crippen molar-refractivity contribution >= 4 is 12.2 Å². The minimum atomic E-state index is -0.0994. The van der Waals surface area contributed by atoms with Gasteiger partial charge in [0.15, 0.2) is 0 Å². The molecule has 0 spiro atoms. The smallest absolute Gasteiger partial charge is 0.236 e. The molecule has 0 aromatic rings. The summed E-state index contributed by atoms with van der Waals surface area (Å²) in [4.78, 5) is 23.9. The van der Waals surface area contributed by atoms with Crippen LogP contribution in [-0.2, 0) is 9.59 Å². The molecule has 0 aromatic heterocycles. The number of aldehydes is 1. The lowest BCUT2D eigenvalue weighted by atomic mass is 9.95. The van der Waals surface area contributed by atoms with Crippen molar-refractivity contribution in [3.05, 3.63) is 0 Å². The van der Waals surface area contributed by atoms with E-state index >= 15 is 0 Å². The lowest BCUT2D eigenvalue weighted by Gasteiger charge is -2.31. The van der Waals surface area contributed by atoms with E-state index in [9.17, 15) is 9.59 Å². The fourth-order valence-electron chi connectivity index (χ4n) is 2.40. The molecule has 0 radical (unpaired) electrons. The first-order valence-corrected chi connectivity index (χ1v) is 6.22. The van der Waals surface area contributed by atoms with Crippen LogP contribution in [0.25, 0.3) is 0 Å². The molecular formula is C12H22N2O2. The van der Waals surface area contributed by atoms with E-state index in [2.05, 4.69) is 0 Å². The highest BCUT2D eigenvalue weighted by Gasteiger charge is 2.22. The molecule has 0 saturated heterocycles. The van der Waals surface area contributed by atoms with Crippen molar-refractivity contribution in [1.29, 1.82) is 0 Å². The molecule has 0 unspecified atom stereocenters. The van der Waals surface area contributed by atoms with E-state index in [-0.39, 0.29) is 25.0 Å². The maximum absolute atomic E-state index is 11.6. The summed E-state index contributed by atoms with van der Waals surface area (Å²) < 4.78 is 0. The Balaban J connectivity index is 2.58. The first-order valence-electron chi connectivity index (χ1n) is 6.22. The maximum Gasteiger partial charge on any atom is 0.236 e. The molecular weight excluding hydrogens is 204 g/mol. The van der Waals surface area contributed by atoms with Crippen molar-refractivity contribution in [2.45, 2.75) is 51.0 Å². The van der Waals surface area contributed by atoms with Gasteiger partial charge >= 0.3 is 0 Å². The van der Waals surface area contributed by atoms with Crippen molar-refractivity contribution < 1.29 is 9.59 Å². The van der Waals surface area contributed by atoms with Gasteiger partial charge in [-0.1, -0.05) is 32.1 Å². The van der Waals surface area contributed by atoms with Gasteiger partial charge in [0.05, 0.1) is 13.1 Å². The zero-order chi connectivity index (χ0) is 11.8. The van der Waals surface area contributed by atoms with E-state index in [4.69, 9.17) is 5.73 Å². The molecule has 0 aliphatic heterocycles. The van der Waals surface area contributed by atoms with E-state index in [1.165, 1.54) is 19.3 Å². The van der Waals surface area contributed by atoms with Crippen LogP contribution in [0.5, 0.6) is 0 Å². The minimum absolute atomic E-state index is 0.00431. The van der Waals surface area contributed by atoms with Crippen LogP contribution < -0.4 is 5.73 Å². The number of nitrogens with two attached hydrogens (primary N) is 1. The zero-order valence-electron chi connectivity index (χ0n) is 9.86. The van der Waals surface area contributed by atoms with Crippen molar-refractivity contribution in [1.82, 2.24) is 4.90 Å². The lowest BCUT2D eigenvalue weighted by molar-refractivity contribution is -0.134. The van der Waals surface area contributed by atoms with Crippen LogP contribution in [0.2, 0.25) is 0 Å². The average Bonchev–Trinajstić information content (AvgIpc) is 2.25. The summed E-state index contributed by atoms with van der Waals surface area (Å²) in [5.74, 6) is -0.0994. The first-order chi connectivity index (χ1) is 7.79. The molecule has 2 N–H and O–H groups in total. The second-order valence-electron chi connectivity index (χ2n) is 4.42. The average molecular weight is 226 g/mol. The van der Waals surface area contributed by atoms with Gasteiger partial charge in [-0.3, -0.25) is 4.79 Å². The topological polar surface area (TPSA) is 63.4 Å². The van der Waals surface area contributed by atoms with Crippen molar-refractivity contribution in [2.75, 3.05) is 13.1 Å². The Bertz CT molecular complexity index is 223. The van der Waals surface area contributed by atoms with Crippen molar-refractivity contribution in [3.63, 3.8) is 0 Å². The normalized spacial score (nSPS) is 18.6. The summed E-state index contributed by atoms with van der Waals surface area (Å²) in [5.41, 5.74) is 5.37. The molecule has 1 amide bonds. The highest BCUT2D eigenvalue weighted by atomic mass is 16.2. The van der Waals surface area contributed by atoms with E-state index in [1.54, 1.807) is 4.90 Å². The Labute approximate surface area is 97.2 Å². The van der Waals surface area contributed by atoms with Gasteiger partial charge in [-0.05, 0) is 12.8 Å². The first kappa shape index (κ1) is 13.2. The predicted octanol–water partition coefficient (Wildman–Crippen LogP) is 1.09. The number of hydrogen-bond donors (Lipinski definition) is 1. The van der Waals surface area contributed by atoms with E-state index < -0.39 is 0 Å². The summed E-state index contributed by atoms with van der Waals surface area (Å²) in [7, 11) is 0. The molecule has 1 fully saturated rings. The molecule has 0 aromatic carbocycles. The zero-order valence-corrected chi connectivity index (χ0v) is 9.86. The van der Waals surface area contributed by atoms with Crippen LogP contribution in [0, 0.1) is 0 Å². The second-order valence-corrected chi connectivity index (χ2v) is 4.42. The Morgan fingerprint density at radius 1 is 1.19 bits per heavy atom. The van der Waals surface area contributed by atoms with Gasteiger partial charge in [-0.2, -0.15) is 0 Å². The fourth-order valence-corrected chi connectivity index (χ4v) is 2.40. The van der Waals surface area contributed by atoms with Crippen LogP contribution >= 0.6 is 0 Å². The lowest BCUT2D eigenvalue weighted by Crippen LogP contribution is -2.44. The number of nitrogens with zero attached hydrogens (tertiary/aromatic N) is 1. The van der Waals surface area contributed by atoms with E-state index in [1.807, 2.05) is 0 Å². The Hall–Kier alpha value is -0.900. The van der Waals surface area contributed by atoms with Crippen LogP contribution in [-0.4, -0.2) is 36.2 Å². The Morgan fingerprint density at radius 2 is 1.75 bits per heavy atom. The third-order valence-corrected chi connectivity index (χ3v) is 3.28. The molecule has 0 atom stereocenters. The van der Waals surface area contributed by atoms with Gasteiger partial charge < -0.3 is 15.4 Å². The highest BCUT2D eigenvalue weighted by molar-refractivity contribution is 5.80. The van der Waals surface area contributed by atoms with Gasteiger partial charge in [-0.15, -0.1) is 0 Å². The summed E-state index contributed by atoms with van der Waals surface area (Å²) in [6.07, 6.45) is 8.90. The second kappa shape index (κ2) is 7.39. The Kier molecular flexibility index (Phi) is 6.08. The molecule has 0 bridgehead atoms. The molecule has 1 aliphatic carbocycles. The van der Waals surface area contributed by atoms with Crippen molar-refractivity contribution in [2.24, 2.45) is 5.73 Å². The standard InChI is InChI=1S/C12H22N2O2/c13-10-12(16)14(8-9-15)11-6-4-2-1-3-5-7-11/h9,11H,1-8,10,13H2. The third kappa shape index (κ3) is 3.93. The molecule has 1 rings (SSSR count). The van der Waals surface area contributed by atoms with Gasteiger partial charge in [0.25, 0.3) is 0 Å². The number of carbonyl (C=O) groups excluding carboxylic acids is 2. The van der Waals surface area contributed by atoms with Crippen molar-refractivity contribution in [3.8, 4) is 0 Å². The quantitative estimate of drug-likeness (QED) is 0.730. The van der Waals surface area contributed by atoms with Crippen LogP contribution in [0.15, 0.2) is 0 Å². The molecule has 92 valence electrons. The van der Waals surface area contributed by atoms with Gasteiger partial charge in [0, 0.05) is 6.04 Å². The molecule has 1 aliphatic rings. The highest BCUT2D eigenvalue weighted by Crippen LogP contribution is 2.21. The summed E-state index contributed by atoms with van der Waals surface area (Å²) in [6.45, 7) is 0.199. The van der Waals surface area contributed by atoms with Crippen LogP contribution in [0.4, 0.5) is 0 Å². The number of carbonyl (C=O) groups is 2. The van der Waals surface area contributed by atoms with E-state index in [0.717, 1.165) is 32.0 Å². The number of amides is 1. The third-order valence-electron chi connectivity index (χ3n) is 3.28. The SMILES string of the molecule is NCC(=O)N(CC=O)C1CCCCCCC1.